The van der Waals surface area contributed by atoms with Gasteiger partial charge in [0.2, 0.25) is 0 Å². The van der Waals surface area contributed by atoms with E-state index in [9.17, 15) is 9.18 Å². The van der Waals surface area contributed by atoms with Gasteiger partial charge in [-0.25, -0.2) is 9.38 Å². The monoisotopic (exact) mass is 391 g/mol. The number of ether oxygens (including phenoxy) is 1. The number of nitrogens with zero attached hydrogens (tertiary/aromatic N) is 3. The van der Waals surface area contributed by atoms with E-state index in [0.29, 0.717) is 17.9 Å². The Kier molecular flexibility index (Phi) is 3.92. The number of amidine groups is 1. The minimum Gasteiger partial charge on any atom is -0.465 e. The van der Waals surface area contributed by atoms with Gasteiger partial charge in [-0.05, 0) is 38.0 Å². The number of nitrogens with two attached hydrogens (primary N) is 1. The number of H-pyrrole nitrogens is 1. The van der Waals surface area contributed by atoms with Crippen molar-refractivity contribution in [2.75, 3.05) is 18.6 Å². The number of benzene rings is 1. The molecule has 1 fully saturated rings. The normalized spacial score (nSPS) is 22.9. The molecule has 27 heavy (non-hydrogen) atoms. The molecule has 1 aromatic carbocycles. The lowest BCUT2D eigenvalue weighted by atomic mass is 9.76. The van der Waals surface area contributed by atoms with Gasteiger partial charge in [0.15, 0.2) is 0 Å². The van der Waals surface area contributed by atoms with Crippen LogP contribution in [-0.2, 0) is 10.3 Å². The first kappa shape index (κ1) is 17.8. The first-order valence-corrected chi connectivity index (χ1v) is 8.90. The fourth-order valence-electron chi connectivity index (χ4n) is 3.65. The summed E-state index contributed by atoms with van der Waals surface area (Å²) in [6.07, 6.45) is 3.11. The van der Waals surface area contributed by atoms with E-state index < -0.39 is 11.4 Å². The highest BCUT2D eigenvalue weighted by atomic mass is 35.5. The lowest BCUT2D eigenvalue weighted by molar-refractivity contribution is 0.0987. The molecule has 2 aliphatic rings. The molecule has 7 nitrogen and oxygen atoms in total. The van der Waals surface area contributed by atoms with Crippen LogP contribution < -0.4 is 10.6 Å². The largest absolute Gasteiger partial charge is 0.465 e. The molecule has 1 atom stereocenters. The molecule has 1 spiro atoms. The molecule has 0 bridgehead atoms. The van der Waals surface area contributed by atoms with E-state index in [0.717, 1.165) is 12.8 Å². The number of rotatable bonds is 3. The van der Waals surface area contributed by atoms with Gasteiger partial charge in [-0.2, -0.15) is 5.10 Å². The van der Waals surface area contributed by atoms with Gasteiger partial charge in [-0.15, -0.1) is 0 Å². The maximum Gasteiger partial charge on any atom is 0.282 e. The Morgan fingerprint density at radius 1 is 1.44 bits per heavy atom. The maximum absolute atomic E-state index is 14.8. The molecule has 2 aromatic rings. The van der Waals surface area contributed by atoms with Crippen LogP contribution in [-0.4, -0.2) is 35.8 Å². The van der Waals surface area contributed by atoms with Crippen molar-refractivity contribution in [2.24, 2.45) is 16.1 Å². The van der Waals surface area contributed by atoms with E-state index in [2.05, 4.69) is 15.2 Å². The number of amides is 1. The van der Waals surface area contributed by atoms with Crippen LogP contribution in [0.4, 0.5) is 10.1 Å². The molecule has 1 saturated carbocycles. The lowest BCUT2D eigenvalue weighted by Crippen LogP contribution is -2.44. The highest BCUT2D eigenvalue weighted by Crippen LogP contribution is 2.62. The second kappa shape index (κ2) is 5.95. The summed E-state index contributed by atoms with van der Waals surface area (Å²) in [6.45, 7) is 2.27. The van der Waals surface area contributed by atoms with Crippen molar-refractivity contribution >= 4 is 29.2 Å². The van der Waals surface area contributed by atoms with E-state index in [-0.39, 0.29) is 28.1 Å². The summed E-state index contributed by atoms with van der Waals surface area (Å²) < 4.78 is 20.2. The van der Waals surface area contributed by atoms with E-state index in [4.69, 9.17) is 22.1 Å². The molecule has 1 aliphatic carbocycles. The standard InChI is InChI=1S/C18H19ClFN5O2/c1-17(18(5-6-18)9-27-16(21)23-17)11-7-10(3-4-13(11)20)25(2)15(26)14-12(19)8-22-24-14/h3-4,7-8H,5-6,9H2,1-2H3,(H2,21,23)(H,22,24)/t17-/m1/s1. The second-order valence-corrected chi connectivity index (χ2v) is 7.62. The summed E-state index contributed by atoms with van der Waals surface area (Å²) in [7, 11) is 1.59. The Morgan fingerprint density at radius 3 is 2.81 bits per heavy atom. The highest BCUT2D eigenvalue weighted by Gasteiger charge is 2.61. The molecule has 1 aliphatic heterocycles. The first-order chi connectivity index (χ1) is 12.8. The lowest BCUT2D eigenvalue weighted by Gasteiger charge is -2.39. The molecule has 0 saturated heterocycles. The molecule has 4 rings (SSSR count). The smallest absolute Gasteiger partial charge is 0.282 e. The number of carbonyl (C=O) groups is 1. The SMILES string of the molecule is CN(C(=O)c1[nH]ncc1Cl)c1ccc(F)c([C@@]2(C)N=C(N)OCC23CC3)c1. The molecule has 0 radical (unpaired) electrons. The third-order valence-corrected chi connectivity index (χ3v) is 5.98. The summed E-state index contributed by atoms with van der Waals surface area (Å²) in [5, 5.41) is 6.56. The Bertz CT molecular complexity index is 955. The summed E-state index contributed by atoms with van der Waals surface area (Å²) in [5.41, 5.74) is 5.73. The van der Waals surface area contributed by atoms with Gasteiger partial charge in [-0.3, -0.25) is 9.89 Å². The molecular formula is C18H19ClFN5O2. The predicted octanol–water partition coefficient (Wildman–Crippen LogP) is 2.82. The van der Waals surface area contributed by atoms with Crippen LogP contribution in [0, 0.1) is 11.2 Å². The average Bonchev–Trinajstić information content (AvgIpc) is 3.32. The Morgan fingerprint density at radius 2 is 2.19 bits per heavy atom. The summed E-state index contributed by atoms with van der Waals surface area (Å²) >= 11 is 5.98. The number of aromatic nitrogens is 2. The highest BCUT2D eigenvalue weighted by molar-refractivity contribution is 6.34. The van der Waals surface area contributed by atoms with Crippen LogP contribution in [0.15, 0.2) is 29.4 Å². The van der Waals surface area contributed by atoms with Crippen molar-refractivity contribution in [3.63, 3.8) is 0 Å². The van der Waals surface area contributed by atoms with Crippen molar-refractivity contribution in [2.45, 2.75) is 25.3 Å². The van der Waals surface area contributed by atoms with Gasteiger partial charge < -0.3 is 15.4 Å². The third kappa shape index (κ3) is 2.66. The zero-order valence-corrected chi connectivity index (χ0v) is 15.7. The zero-order valence-electron chi connectivity index (χ0n) is 14.9. The maximum atomic E-state index is 14.8. The number of aliphatic imine (C=N–C) groups is 1. The van der Waals surface area contributed by atoms with Gasteiger partial charge in [0.25, 0.3) is 11.9 Å². The van der Waals surface area contributed by atoms with Crippen LogP contribution in [0.5, 0.6) is 0 Å². The summed E-state index contributed by atoms with van der Waals surface area (Å²) in [6, 6.07) is 4.56. The van der Waals surface area contributed by atoms with Gasteiger partial charge in [-0.1, -0.05) is 11.6 Å². The average molecular weight is 392 g/mol. The van der Waals surface area contributed by atoms with Crippen molar-refractivity contribution in [1.29, 1.82) is 0 Å². The summed E-state index contributed by atoms with van der Waals surface area (Å²) in [5.74, 6) is -0.775. The van der Waals surface area contributed by atoms with Gasteiger partial charge >= 0.3 is 0 Å². The van der Waals surface area contributed by atoms with Crippen LogP contribution in [0.25, 0.3) is 0 Å². The Labute approximate surface area is 160 Å². The minimum absolute atomic E-state index is 0.0495. The predicted molar refractivity (Wildman–Crippen MR) is 99.3 cm³/mol. The third-order valence-electron chi connectivity index (χ3n) is 5.69. The molecule has 3 N–H and O–H groups in total. The fraction of sp³-hybridized carbons (Fsp3) is 0.389. The number of nitrogens with one attached hydrogen (secondary N) is 1. The quantitative estimate of drug-likeness (QED) is 0.840. The van der Waals surface area contributed by atoms with E-state index in [1.54, 1.807) is 13.1 Å². The fourth-order valence-corrected chi connectivity index (χ4v) is 3.83. The van der Waals surface area contributed by atoms with E-state index >= 15 is 0 Å². The number of anilines is 1. The van der Waals surface area contributed by atoms with Crippen molar-refractivity contribution in [1.82, 2.24) is 10.2 Å². The molecule has 0 unspecified atom stereocenters. The Hall–Kier alpha value is -2.61. The van der Waals surface area contributed by atoms with Crippen molar-refractivity contribution < 1.29 is 13.9 Å². The molecule has 1 amide bonds. The molecule has 142 valence electrons. The zero-order chi connectivity index (χ0) is 19.4. The number of aromatic amines is 1. The van der Waals surface area contributed by atoms with Gasteiger partial charge in [0.1, 0.15) is 17.1 Å². The minimum atomic E-state index is -0.856. The first-order valence-electron chi connectivity index (χ1n) is 8.52. The molecule has 1 aromatic heterocycles. The van der Waals surface area contributed by atoms with Crippen LogP contribution in [0.1, 0.15) is 35.8 Å². The topological polar surface area (TPSA) is 96.6 Å². The van der Waals surface area contributed by atoms with E-state index in [1.165, 1.54) is 23.2 Å². The van der Waals surface area contributed by atoms with Crippen LogP contribution in [0.3, 0.4) is 0 Å². The summed E-state index contributed by atoms with van der Waals surface area (Å²) in [4.78, 5) is 18.5. The number of halogens is 2. The molecule has 9 heteroatoms. The Balaban J connectivity index is 1.75. The van der Waals surface area contributed by atoms with Crippen molar-refractivity contribution in [3.8, 4) is 0 Å². The van der Waals surface area contributed by atoms with Crippen LogP contribution >= 0.6 is 11.6 Å². The number of hydrogen-bond donors (Lipinski definition) is 2. The number of carbonyl (C=O) groups excluding carboxylic acids is 1. The second-order valence-electron chi connectivity index (χ2n) is 7.21. The molecule has 2 heterocycles. The van der Waals surface area contributed by atoms with E-state index in [1.807, 2.05) is 6.92 Å². The van der Waals surface area contributed by atoms with Crippen LogP contribution in [0.2, 0.25) is 5.02 Å². The van der Waals surface area contributed by atoms with Crippen molar-refractivity contribution in [3.05, 3.63) is 46.5 Å². The van der Waals surface area contributed by atoms with Gasteiger partial charge in [0.05, 0.1) is 17.8 Å². The van der Waals surface area contributed by atoms with Gasteiger partial charge in [0, 0.05) is 23.7 Å². The number of hydrogen-bond acceptors (Lipinski definition) is 5. The molecular weight excluding hydrogens is 373 g/mol.